The summed E-state index contributed by atoms with van der Waals surface area (Å²) < 4.78 is 0. The van der Waals surface area contributed by atoms with Crippen LogP contribution in [0.3, 0.4) is 0 Å². The van der Waals surface area contributed by atoms with E-state index in [9.17, 15) is 0 Å². The predicted octanol–water partition coefficient (Wildman–Crippen LogP) is -7.50. The molecule has 39 valence electrons. The SMILES string of the molecule is [Co+2].[Na+].[O-][Si]([O-])([O-])O. The van der Waals surface area contributed by atoms with Gasteiger partial charge < -0.3 is 19.2 Å². The van der Waals surface area contributed by atoms with Gasteiger partial charge in [-0.2, -0.15) is 0 Å². The Morgan fingerprint density at radius 1 is 1.14 bits per heavy atom. The van der Waals surface area contributed by atoms with Crippen molar-refractivity contribution < 1.29 is 65.5 Å². The summed E-state index contributed by atoms with van der Waals surface area (Å²) in [7, 11) is -5.36. The van der Waals surface area contributed by atoms with Crippen molar-refractivity contribution in [3.63, 3.8) is 0 Å². The molecule has 0 aromatic rings. The Bertz CT molecular complexity index is 27.2. The smallest absolute Gasteiger partial charge is 0.861 e. The summed E-state index contributed by atoms with van der Waals surface area (Å²) in [4.78, 5) is 33.1. The standard InChI is InChI=1S/Co.Na.HO4Si/c;;1-5(2,3)4/h;;1H/q+2;+1;-3. The Balaban J connectivity index is -0.0000000800. The van der Waals surface area contributed by atoms with Gasteiger partial charge in [-0.15, -0.1) is 9.05 Å². The van der Waals surface area contributed by atoms with Gasteiger partial charge in [0.05, 0.1) is 0 Å². The molecule has 0 spiro atoms. The van der Waals surface area contributed by atoms with Gasteiger partial charge in [0.25, 0.3) is 0 Å². The maximum atomic E-state index is 8.69. The minimum atomic E-state index is -5.36. The topological polar surface area (TPSA) is 89.4 Å². The van der Waals surface area contributed by atoms with Crippen LogP contribution in [-0.4, -0.2) is 13.8 Å². The van der Waals surface area contributed by atoms with Crippen molar-refractivity contribution in [1.29, 1.82) is 0 Å². The first-order valence-electron chi connectivity index (χ1n) is 0.836. The van der Waals surface area contributed by atoms with Crippen LogP contribution in [0.2, 0.25) is 0 Å². The van der Waals surface area contributed by atoms with Crippen LogP contribution in [0.15, 0.2) is 0 Å². The first-order valence-corrected chi connectivity index (χ1v) is 2.51. The average Bonchev–Trinajstić information content (AvgIpc) is 0.722. The first-order chi connectivity index (χ1) is 2.00. The fourth-order valence-corrected chi connectivity index (χ4v) is 0. The Labute approximate surface area is 74.2 Å². The molecule has 7 heteroatoms. The van der Waals surface area contributed by atoms with Crippen molar-refractivity contribution >= 4 is 9.05 Å². The van der Waals surface area contributed by atoms with E-state index in [-0.39, 0.29) is 46.3 Å². The molecule has 1 radical (unpaired) electrons. The van der Waals surface area contributed by atoms with Crippen LogP contribution in [0.4, 0.5) is 0 Å². The van der Waals surface area contributed by atoms with Crippen LogP contribution in [0.1, 0.15) is 0 Å². The fourth-order valence-electron chi connectivity index (χ4n) is 0. The Morgan fingerprint density at radius 3 is 1.14 bits per heavy atom. The van der Waals surface area contributed by atoms with Gasteiger partial charge in [-0.3, -0.25) is 0 Å². The van der Waals surface area contributed by atoms with E-state index < -0.39 is 9.05 Å². The first kappa shape index (κ1) is 15.8. The summed E-state index contributed by atoms with van der Waals surface area (Å²) >= 11 is 0. The summed E-state index contributed by atoms with van der Waals surface area (Å²) in [5.41, 5.74) is 0. The second kappa shape index (κ2) is 5.70. The van der Waals surface area contributed by atoms with E-state index >= 15 is 0 Å². The molecule has 0 saturated carbocycles. The van der Waals surface area contributed by atoms with Crippen molar-refractivity contribution in [2.24, 2.45) is 0 Å². The summed E-state index contributed by atoms with van der Waals surface area (Å²) in [6, 6.07) is 0. The minimum absolute atomic E-state index is 0. The molecule has 0 heterocycles. The van der Waals surface area contributed by atoms with Gasteiger partial charge in [-0.25, -0.2) is 0 Å². The summed E-state index contributed by atoms with van der Waals surface area (Å²) in [6.07, 6.45) is 0. The average molecular weight is 175 g/mol. The normalized spacial score (nSPS) is 8.57. The second-order valence-corrected chi connectivity index (χ2v) is 1.57. The maximum Gasteiger partial charge on any atom is 2.00 e. The molecule has 7 heavy (non-hydrogen) atoms. The van der Waals surface area contributed by atoms with Crippen LogP contribution in [0, 0.1) is 0 Å². The molecular formula is HCoNaO4Si. The van der Waals surface area contributed by atoms with Gasteiger partial charge in [-0.1, -0.05) is 0 Å². The molecule has 0 unspecified atom stereocenters. The third-order valence-corrected chi connectivity index (χ3v) is 0. The van der Waals surface area contributed by atoms with Crippen molar-refractivity contribution in [1.82, 2.24) is 0 Å². The molecule has 0 fully saturated rings. The van der Waals surface area contributed by atoms with Gasteiger partial charge in [0, 0.05) is 0 Å². The van der Waals surface area contributed by atoms with Crippen molar-refractivity contribution in [3.8, 4) is 0 Å². The molecule has 0 amide bonds. The van der Waals surface area contributed by atoms with Gasteiger partial charge >= 0.3 is 46.3 Å². The monoisotopic (exact) mass is 175 g/mol. The Hall–Kier alpha value is 1.56. The third-order valence-electron chi connectivity index (χ3n) is 0. The molecule has 0 saturated heterocycles. The summed E-state index contributed by atoms with van der Waals surface area (Å²) in [6.45, 7) is 0. The number of hydrogen-bond donors (Lipinski definition) is 1. The Kier molecular flexibility index (Phi) is 12.9. The fraction of sp³-hybridized carbons (Fsp3) is 0. The molecule has 0 aliphatic rings. The van der Waals surface area contributed by atoms with Crippen molar-refractivity contribution in [3.05, 3.63) is 0 Å². The molecule has 0 aromatic carbocycles. The zero-order chi connectivity index (χ0) is 4.50. The van der Waals surface area contributed by atoms with Crippen molar-refractivity contribution in [2.75, 3.05) is 0 Å². The van der Waals surface area contributed by atoms with Crippen molar-refractivity contribution in [2.45, 2.75) is 0 Å². The maximum absolute atomic E-state index is 8.69. The van der Waals surface area contributed by atoms with E-state index in [0.29, 0.717) is 0 Å². The summed E-state index contributed by atoms with van der Waals surface area (Å²) in [5, 5.41) is 0. The zero-order valence-corrected chi connectivity index (χ0v) is 7.55. The summed E-state index contributed by atoms with van der Waals surface area (Å²) in [5.74, 6) is 0. The molecule has 0 bridgehead atoms. The van der Waals surface area contributed by atoms with Gasteiger partial charge in [0.1, 0.15) is 0 Å². The molecule has 0 rings (SSSR count). The number of rotatable bonds is 0. The zero-order valence-electron chi connectivity index (χ0n) is 3.51. The molecule has 0 aliphatic heterocycles. The Morgan fingerprint density at radius 2 is 1.14 bits per heavy atom. The largest absolute Gasteiger partial charge is 2.00 e. The van der Waals surface area contributed by atoms with Gasteiger partial charge in [-0.05, 0) is 0 Å². The quantitative estimate of drug-likeness (QED) is 0.370. The van der Waals surface area contributed by atoms with E-state index in [0.717, 1.165) is 0 Å². The third kappa shape index (κ3) is 95.8. The number of hydrogen-bond acceptors (Lipinski definition) is 4. The molecule has 4 nitrogen and oxygen atoms in total. The van der Waals surface area contributed by atoms with E-state index in [1.807, 2.05) is 0 Å². The van der Waals surface area contributed by atoms with E-state index in [1.165, 1.54) is 0 Å². The minimum Gasteiger partial charge on any atom is -0.861 e. The van der Waals surface area contributed by atoms with Crippen LogP contribution in [-0.2, 0) is 16.8 Å². The van der Waals surface area contributed by atoms with Crippen LogP contribution >= 0.6 is 0 Å². The second-order valence-electron chi connectivity index (χ2n) is 0.524. The molecule has 0 aromatic heterocycles. The van der Waals surface area contributed by atoms with Gasteiger partial charge in [0.2, 0.25) is 0 Å². The van der Waals surface area contributed by atoms with E-state index in [2.05, 4.69) is 0 Å². The van der Waals surface area contributed by atoms with Gasteiger partial charge in [0.15, 0.2) is 0 Å². The molecule has 0 atom stereocenters. The van der Waals surface area contributed by atoms with E-state index in [1.54, 1.807) is 0 Å². The van der Waals surface area contributed by atoms with Crippen LogP contribution in [0.25, 0.3) is 0 Å². The molecule has 1 N–H and O–H groups in total. The van der Waals surface area contributed by atoms with Crippen LogP contribution in [0.5, 0.6) is 0 Å². The molecular weight excluding hydrogens is 174 g/mol. The van der Waals surface area contributed by atoms with Crippen LogP contribution < -0.4 is 43.9 Å². The molecule has 0 aliphatic carbocycles. The predicted molar refractivity (Wildman–Crippen MR) is 7.97 cm³/mol. The van der Waals surface area contributed by atoms with E-state index in [4.69, 9.17) is 19.2 Å².